The topological polar surface area (TPSA) is 79.9 Å². The van der Waals surface area contributed by atoms with Crippen molar-refractivity contribution in [3.05, 3.63) is 11.6 Å². The molecular weight excluding hydrogens is 172 g/mol. The van der Waals surface area contributed by atoms with E-state index in [0.717, 1.165) is 0 Å². The molecule has 0 saturated carbocycles. The normalized spacial score (nSPS) is 16.7. The first-order valence-corrected chi connectivity index (χ1v) is 4.03. The molecule has 1 aliphatic rings. The van der Waals surface area contributed by atoms with Crippen LogP contribution in [0, 0.1) is 6.92 Å². The van der Waals surface area contributed by atoms with E-state index < -0.39 is 0 Å². The first-order chi connectivity index (χ1) is 6.25. The van der Waals surface area contributed by atoms with Crippen LogP contribution in [0.2, 0.25) is 0 Å². The summed E-state index contributed by atoms with van der Waals surface area (Å²) in [7, 11) is 0. The number of aryl methyl sites for hydroxylation is 1. The third-order valence-corrected chi connectivity index (χ3v) is 1.77. The summed E-state index contributed by atoms with van der Waals surface area (Å²) in [6.45, 7) is 2.90. The van der Waals surface area contributed by atoms with Crippen LogP contribution < -0.4 is 5.32 Å². The Hall–Kier alpha value is -1.43. The lowest BCUT2D eigenvalue weighted by atomic mass is 10.2. The van der Waals surface area contributed by atoms with Gasteiger partial charge >= 0.3 is 0 Å². The van der Waals surface area contributed by atoms with Crippen molar-refractivity contribution in [2.24, 2.45) is 0 Å². The zero-order chi connectivity index (χ0) is 9.26. The molecule has 0 radical (unpaired) electrons. The quantitative estimate of drug-likeness (QED) is 0.630. The van der Waals surface area contributed by atoms with E-state index in [1.54, 1.807) is 6.92 Å². The molecule has 0 atom stereocenters. The lowest BCUT2D eigenvalue weighted by Gasteiger charge is -2.26. The van der Waals surface area contributed by atoms with Crippen molar-refractivity contribution < 1.29 is 9.53 Å². The fourth-order valence-electron chi connectivity index (χ4n) is 1.01. The van der Waals surface area contributed by atoms with Crippen LogP contribution in [0.1, 0.15) is 16.4 Å². The van der Waals surface area contributed by atoms with Gasteiger partial charge in [0.05, 0.1) is 19.3 Å². The molecule has 2 rings (SSSR count). The summed E-state index contributed by atoms with van der Waals surface area (Å²) >= 11 is 0. The largest absolute Gasteiger partial charge is 0.377 e. The van der Waals surface area contributed by atoms with E-state index in [1.165, 1.54) is 0 Å². The average Bonchev–Trinajstić information content (AvgIpc) is 2.44. The van der Waals surface area contributed by atoms with Crippen LogP contribution in [0.4, 0.5) is 0 Å². The molecule has 0 aliphatic carbocycles. The minimum absolute atomic E-state index is 0.117. The molecule has 6 heteroatoms. The Balaban J connectivity index is 1.96. The SMILES string of the molecule is Cc1nc(C(=O)NC2COC2)n[nH]1. The maximum atomic E-state index is 11.3. The zero-order valence-corrected chi connectivity index (χ0v) is 7.20. The molecule has 2 N–H and O–H groups in total. The monoisotopic (exact) mass is 182 g/mol. The Labute approximate surface area is 74.7 Å². The Morgan fingerprint density at radius 2 is 2.46 bits per heavy atom. The lowest BCUT2D eigenvalue weighted by molar-refractivity contribution is -0.00363. The number of ether oxygens (including phenoxy) is 1. The lowest BCUT2D eigenvalue weighted by Crippen LogP contribution is -2.48. The van der Waals surface area contributed by atoms with Crippen LogP contribution in [0.3, 0.4) is 0 Å². The smallest absolute Gasteiger partial charge is 0.291 e. The fourth-order valence-corrected chi connectivity index (χ4v) is 1.01. The molecule has 0 unspecified atom stereocenters. The van der Waals surface area contributed by atoms with Gasteiger partial charge in [0.2, 0.25) is 5.82 Å². The third kappa shape index (κ3) is 1.67. The molecule has 6 nitrogen and oxygen atoms in total. The molecule has 1 aromatic rings. The molecule has 1 saturated heterocycles. The van der Waals surface area contributed by atoms with Gasteiger partial charge in [-0.2, -0.15) is 0 Å². The fraction of sp³-hybridized carbons (Fsp3) is 0.571. The number of carbonyl (C=O) groups excluding carboxylic acids is 1. The number of nitrogens with one attached hydrogen (secondary N) is 2. The number of aromatic nitrogens is 3. The Morgan fingerprint density at radius 3 is 2.92 bits per heavy atom. The average molecular weight is 182 g/mol. The highest BCUT2D eigenvalue weighted by Gasteiger charge is 2.22. The number of hydrogen-bond donors (Lipinski definition) is 2. The molecular formula is C7H10N4O2. The van der Waals surface area contributed by atoms with Gasteiger partial charge in [0.1, 0.15) is 5.82 Å². The van der Waals surface area contributed by atoms with Crippen LogP contribution in [0.5, 0.6) is 0 Å². The number of H-pyrrole nitrogens is 1. The first-order valence-electron chi connectivity index (χ1n) is 4.03. The van der Waals surface area contributed by atoms with Crippen molar-refractivity contribution in [1.29, 1.82) is 0 Å². The van der Waals surface area contributed by atoms with Gasteiger partial charge in [-0.05, 0) is 6.92 Å². The maximum Gasteiger partial charge on any atom is 0.291 e. The van der Waals surface area contributed by atoms with Crippen LogP contribution >= 0.6 is 0 Å². The summed E-state index contributed by atoms with van der Waals surface area (Å²) in [5.41, 5.74) is 0. The highest BCUT2D eigenvalue weighted by atomic mass is 16.5. The Morgan fingerprint density at radius 1 is 1.69 bits per heavy atom. The molecule has 2 heterocycles. The van der Waals surface area contributed by atoms with E-state index in [4.69, 9.17) is 4.74 Å². The summed E-state index contributed by atoms with van der Waals surface area (Å²) in [6.07, 6.45) is 0. The summed E-state index contributed by atoms with van der Waals surface area (Å²) in [4.78, 5) is 15.3. The second-order valence-electron chi connectivity index (χ2n) is 2.95. The summed E-state index contributed by atoms with van der Waals surface area (Å²) in [5, 5.41) is 9.08. The second kappa shape index (κ2) is 3.14. The minimum Gasteiger partial charge on any atom is -0.377 e. The number of carbonyl (C=O) groups is 1. The van der Waals surface area contributed by atoms with Crippen LogP contribution in [0.15, 0.2) is 0 Å². The van der Waals surface area contributed by atoms with Crippen molar-refractivity contribution in [3.8, 4) is 0 Å². The molecule has 1 aromatic heterocycles. The Kier molecular flexibility index (Phi) is 1.97. The summed E-state index contributed by atoms with van der Waals surface area (Å²) < 4.78 is 4.91. The van der Waals surface area contributed by atoms with E-state index in [1.807, 2.05) is 0 Å². The summed E-state index contributed by atoms with van der Waals surface area (Å²) in [5.74, 6) is 0.567. The molecule has 1 amide bonds. The van der Waals surface area contributed by atoms with Gasteiger partial charge in [0, 0.05) is 0 Å². The standard InChI is InChI=1S/C7H10N4O2/c1-4-8-6(11-10-4)7(12)9-5-2-13-3-5/h5H,2-3H2,1H3,(H,9,12)(H,8,10,11). The van der Waals surface area contributed by atoms with Crippen molar-refractivity contribution in [1.82, 2.24) is 20.5 Å². The van der Waals surface area contributed by atoms with Crippen molar-refractivity contribution >= 4 is 5.91 Å². The summed E-state index contributed by atoms with van der Waals surface area (Å²) in [6, 6.07) is 0.117. The van der Waals surface area contributed by atoms with E-state index in [-0.39, 0.29) is 17.8 Å². The molecule has 0 spiro atoms. The van der Waals surface area contributed by atoms with Gasteiger partial charge in [-0.15, -0.1) is 5.10 Å². The highest BCUT2D eigenvalue weighted by molar-refractivity contribution is 5.90. The van der Waals surface area contributed by atoms with Crippen molar-refractivity contribution in [3.63, 3.8) is 0 Å². The molecule has 1 aliphatic heterocycles. The molecule has 1 fully saturated rings. The number of amides is 1. The van der Waals surface area contributed by atoms with E-state index in [9.17, 15) is 4.79 Å². The number of rotatable bonds is 2. The Bertz CT molecular complexity index is 318. The van der Waals surface area contributed by atoms with Crippen LogP contribution in [-0.4, -0.2) is 40.3 Å². The van der Waals surface area contributed by atoms with Gasteiger partial charge in [-0.25, -0.2) is 4.98 Å². The van der Waals surface area contributed by atoms with Crippen molar-refractivity contribution in [2.45, 2.75) is 13.0 Å². The number of nitrogens with zero attached hydrogens (tertiary/aromatic N) is 2. The first kappa shape index (κ1) is 8.18. The molecule has 0 bridgehead atoms. The van der Waals surface area contributed by atoms with Crippen molar-refractivity contribution in [2.75, 3.05) is 13.2 Å². The predicted molar refractivity (Wildman–Crippen MR) is 43.2 cm³/mol. The van der Waals surface area contributed by atoms with Gasteiger partial charge in [-0.1, -0.05) is 0 Å². The third-order valence-electron chi connectivity index (χ3n) is 1.77. The van der Waals surface area contributed by atoms with E-state index in [0.29, 0.717) is 19.0 Å². The molecule has 0 aromatic carbocycles. The van der Waals surface area contributed by atoms with Gasteiger partial charge in [0.25, 0.3) is 5.91 Å². The van der Waals surface area contributed by atoms with E-state index in [2.05, 4.69) is 20.5 Å². The highest BCUT2D eigenvalue weighted by Crippen LogP contribution is 2.00. The predicted octanol–water partition coefficient (Wildman–Crippen LogP) is -0.758. The van der Waals surface area contributed by atoms with Gasteiger partial charge in [-0.3, -0.25) is 9.89 Å². The van der Waals surface area contributed by atoms with Gasteiger partial charge < -0.3 is 10.1 Å². The van der Waals surface area contributed by atoms with Crippen LogP contribution in [0.25, 0.3) is 0 Å². The maximum absolute atomic E-state index is 11.3. The molecule has 13 heavy (non-hydrogen) atoms. The zero-order valence-electron chi connectivity index (χ0n) is 7.20. The van der Waals surface area contributed by atoms with Gasteiger partial charge in [0.15, 0.2) is 0 Å². The van der Waals surface area contributed by atoms with E-state index >= 15 is 0 Å². The van der Waals surface area contributed by atoms with Crippen LogP contribution in [-0.2, 0) is 4.74 Å². The second-order valence-corrected chi connectivity index (χ2v) is 2.95. The molecule has 70 valence electrons. The minimum atomic E-state index is -0.252. The number of aromatic amines is 1. The number of hydrogen-bond acceptors (Lipinski definition) is 4.